The number of hydrogen-bond acceptors (Lipinski definition) is 5. The zero-order valence-corrected chi connectivity index (χ0v) is 9.59. The van der Waals surface area contributed by atoms with Crippen molar-refractivity contribution in [2.24, 2.45) is 11.7 Å². The third kappa shape index (κ3) is 2.48. The van der Waals surface area contributed by atoms with Crippen LogP contribution in [0, 0.1) is 5.92 Å². The van der Waals surface area contributed by atoms with E-state index in [1.54, 1.807) is 19.5 Å². The Hall–Kier alpha value is -1.20. The average molecular weight is 222 g/mol. The molecule has 1 fully saturated rings. The van der Waals surface area contributed by atoms with E-state index in [2.05, 4.69) is 14.9 Å². The highest BCUT2D eigenvalue weighted by Crippen LogP contribution is 2.21. The Morgan fingerprint density at radius 1 is 1.56 bits per heavy atom. The van der Waals surface area contributed by atoms with Gasteiger partial charge in [0.25, 0.3) is 0 Å². The summed E-state index contributed by atoms with van der Waals surface area (Å²) in [6.45, 7) is 3.28. The molecule has 0 saturated carbocycles. The molecule has 0 aromatic carbocycles. The van der Waals surface area contributed by atoms with E-state index in [9.17, 15) is 0 Å². The summed E-state index contributed by atoms with van der Waals surface area (Å²) in [7, 11) is 1.75. The SMILES string of the molecule is COCC1CCN(c2cncc(CN)n2)C1. The molecule has 1 atom stereocenters. The van der Waals surface area contributed by atoms with Gasteiger partial charge in [-0.1, -0.05) is 0 Å². The van der Waals surface area contributed by atoms with Crippen molar-refractivity contribution in [2.45, 2.75) is 13.0 Å². The fourth-order valence-corrected chi connectivity index (χ4v) is 2.06. The molecule has 0 amide bonds. The lowest BCUT2D eigenvalue weighted by Gasteiger charge is -2.17. The summed E-state index contributed by atoms with van der Waals surface area (Å²) in [5, 5.41) is 0. The minimum atomic E-state index is 0.441. The summed E-state index contributed by atoms with van der Waals surface area (Å²) in [5.74, 6) is 1.54. The standard InChI is InChI=1S/C11H18N4O/c1-16-8-9-2-3-15(7-9)11-6-13-5-10(4-12)14-11/h5-6,9H,2-4,7-8,12H2,1H3. The second kappa shape index (κ2) is 5.23. The molecule has 1 aliphatic rings. The van der Waals surface area contributed by atoms with Crippen LogP contribution in [0.1, 0.15) is 12.1 Å². The van der Waals surface area contributed by atoms with Gasteiger partial charge >= 0.3 is 0 Å². The normalized spacial score (nSPS) is 20.4. The van der Waals surface area contributed by atoms with Crippen LogP contribution in [-0.4, -0.2) is 36.8 Å². The van der Waals surface area contributed by atoms with Crippen LogP contribution in [0.4, 0.5) is 5.82 Å². The maximum Gasteiger partial charge on any atom is 0.147 e. The summed E-state index contributed by atoms with van der Waals surface area (Å²) < 4.78 is 5.17. The van der Waals surface area contributed by atoms with E-state index in [4.69, 9.17) is 10.5 Å². The van der Waals surface area contributed by atoms with E-state index in [1.807, 2.05) is 0 Å². The Balaban J connectivity index is 2.02. The number of aromatic nitrogens is 2. The molecule has 1 aromatic heterocycles. The quantitative estimate of drug-likeness (QED) is 0.799. The number of hydrogen-bond donors (Lipinski definition) is 1. The number of methoxy groups -OCH3 is 1. The molecule has 2 heterocycles. The Morgan fingerprint density at radius 2 is 2.44 bits per heavy atom. The average Bonchev–Trinajstić information content (AvgIpc) is 2.78. The highest BCUT2D eigenvalue weighted by atomic mass is 16.5. The molecule has 5 nitrogen and oxygen atoms in total. The number of ether oxygens (including phenoxy) is 1. The van der Waals surface area contributed by atoms with E-state index in [0.29, 0.717) is 12.5 Å². The number of anilines is 1. The molecule has 16 heavy (non-hydrogen) atoms. The van der Waals surface area contributed by atoms with Crippen LogP contribution < -0.4 is 10.6 Å². The smallest absolute Gasteiger partial charge is 0.147 e. The van der Waals surface area contributed by atoms with Crippen molar-refractivity contribution in [1.29, 1.82) is 0 Å². The first-order valence-electron chi connectivity index (χ1n) is 5.58. The fraction of sp³-hybridized carbons (Fsp3) is 0.636. The summed E-state index contributed by atoms with van der Waals surface area (Å²) in [5.41, 5.74) is 6.39. The second-order valence-corrected chi connectivity index (χ2v) is 4.13. The van der Waals surface area contributed by atoms with E-state index in [1.165, 1.54) is 0 Å². The van der Waals surface area contributed by atoms with Crippen molar-refractivity contribution in [3.63, 3.8) is 0 Å². The van der Waals surface area contributed by atoms with E-state index >= 15 is 0 Å². The molecular formula is C11H18N4O. The van der Waals surface area contributed by atoms with Gasteiger partial charge in [-0.2, -0.15) is 0 Å². The first-order chi connectivity index (χ1) is 7.83. The summed E-state index contributed by atoms with van der Waals surface area (Å²) in [6.07, 6.45) is 4.67. The first kappa shape index (κ1) is 11.3. The second-order valence-electron chi connectivity index (χ2n) is 4.13. The molecule has 0 aliphatic carbocycles. The van der Waals surface area contributed by atoms with Crippen molar-refractivity contribution in [1.82, 2.24) is 9.97 Å². The predicted molar refractivity (Wildman–Crippen MR) is 62.1 cm³/mol. The van der Waals surface area contributed by atoms with E-state index in [0.717, 1.165) is 37.6 Å². The lowest BCUT2D eigenvalue weighted by molar-refractivity contribution is 0.161. The Kier molecular flexibility index (Phi) is 3.69. The minimum absolute atomic E-state index is 0.441. The van der Waals surface area contributed by atoms with Crippen molar-refractivity contribution in [2.75, 3.05) is 31.7 Å². The van der Waals surface area contributed by atoms with Crippen molar-refractivity contribution < 1.29 is 4.74 Å². The zero-order chi connectivity index (χ0) is 11.4. The van der Waals surface area contributed by atoms with Gasteiger partial charge in [-0.25, -0.2) is 4.98 Å². The molecule has 1 aromatic rings. The van der Waals surface area contributed by atoms with Gasteiger partial charge in [-0.15, -0.1) is 0 Å². The molecular weight excluding hydrogens is 204 g/mol. The van der Waals surface area contributed by atoms with Gasteiger partial charge in [-0.3, -0.25) is 4.98 Å². The highest BCUT2D eigenvalue weighted by molar-refractivity contribution is 5.37. The van der Waals surface area contributed by atoms with Crippen LogP contribution in [0.15, 0.2) is 12.4 Å². The molecule has 1 unspecified atom stereocenters. The molecule has 2 rings (SSSR count). The predicted octanol–water partition coefficient (Wildman–Crippen LogP) is 0.408. The number of nitrogens with two attached hydrogens (primary N) is 1. The van der Waals surface area contributed by atoms with Gasteiger partial charge in [0.1, 0.15) is 5.82 Å². The van der Waals surface area contributed by atoms with Crippen LogP contribution in [-0.2, 0) is 11.3 Å². The monoisotopic (exact) mass is 222 g/mol. The van der Waals surface area contributed by atoms with E-state index in [-0.39, 0.29) is 0 Å². The first-order valence-corrected chi connectivity index (χ1v) is 5.58. The zero-order valence-electron chi connectivity index (χ0n) is 9.59. The molecule has 1 saturated heterocycles. The van der Waals surface area contributed by atoms with Crippen LogP contribution in [0.5, 0.6) is 0 Å². The summed E-state index contributed by atoms with van der Waals surface area (Å²) >= 11 is 0. The Labute approximate surface area is 95.6 Å². The molecule has 0 radical (unpaired) electrons. The maximum atomic E-state index is 5.55. The summed E-state index contributed by atoms with van der Waals surface area (Å²) in [4.78, 5) is 10.9. The molecule has 0 spiro atoms. The molecule has 5 heteroatoms. The van der Waals surface area contributed by atoms with Crippen LogP contribution in [0.3, 0.4) is 0 Å². The maximum absolute atomic E-state index is 5.55. The topological polar surface area (TPSA) is 64.3 Å². The van der Waals surface area contributed by atoms with Crippen molar-refractivity contribution in [3.8, 4) is 0 Å². The van der Waals surface area contributed by atoms with Crippen molar-refractivity contribution in [3.05, 3.63) is 18.1 Å². The van der Waals surface area contributed by atoms with Gasteiger partial charge < -0.3 is 15.4 Å². The van der Waals surface area contributed by atoms with Gasteiger partial charge in [-0.05, 0) is 6.42 Å². The highest BCUT2D eigenvalue weighted by Gasteiger charge is 2.23. The minimum Gasteiger partial charge on any atom is -0.384 e. The largest absolute Gasteiger partial charge is 0.384 e. The van der Waals surface area contributed by atoms with Crippen molar-refractivity contribution >= 4 is 5.82 Å². The number of rotatable bonds is 4. The fourth-order valence-electron chi connectivity index (χ4n) is 2.06. The molecule has 2 N–H and O–H groups in total. The van der Waals surface area contributed by atoms with Gasteiger partial charge in [0.15, 0.2) is 0 Å². The molecule has 88 valence electrons. The Bertz CT molecular complexity index is 345. The lowest BCUT2D eigenvalue weighted by Crippen LogP contribution is -2.22. The van der Waals surface area contributed by atoms with Gasteiger partial charge in [0.05, 0.1) is 18.5 Å². The number of nitrogens with zero attached hydrogens (tertiary/aromatic N) is 3. The third-order valence-electron chi connectivity index (χ3n) is 2.89. The molecule has 0 bridgehead atoms. The Morgan fingerprint density at radius 3 is 3.19 bits per heavy atom. The van der Waals surface area contributed by atoms with Crippen LogP contribution in [0.25, 0.3) is 0 Å². The summed E-state index contributed by atoms with van der Waals surface area (Å²) in [6, 6.07) is 0. The van der Waals surface area contributed by atoms with Gasteiger partial charge in [0, 0.05) is 38.9 Å². The van der Waals surface area contributed by atoms with Crippen LogP contribution >= 0.6 is 0 Å². The van der Waals surface area contributed by atoms with Gasteiger partial charge in [0.2, 0.25) is 0 Å². The molecule has 1 aliphatic heterocycles. The van der Waals surface area contributed by atoms with Crippen LogP contribution in [0.2, 0.25) is 0 Å². The van der Waals surface area contributed by atoms with E-state index < -0.39 is 0 Å². The third-order valence-corrected chi connectivity index (χ3v) is 2.89. The lowest BCUT2D eigenvalue weighted by atomic mass is 10.1.